The van der Waals surface area contributed by atoms with E-state index < -0.39 is 17.8 Å². The average molecular weight is 640 g/mol. The number of aromatic nitrogens is 3. The number of hydrogen-bond acceptors (Lipinski definition) is 8. The molecule has 0 aliphatic heterocycles. The number of fused-ring (bicyclic) bond motifs is 1. The number of nitrogens with one attached hydrogen (secondary N) is 1. The molecule has 0 spiro atoms. The third-order valence-corrected chi connectivity index (χ3v) is 9.19. The molecule has 9 nitrogen and oxygen atoms in total. The lowest BCUT2D eigenvalue weighted by Crippen LogP contribution is -2.26. The lowest BCUT2D eigenvalue weighted by Gasteiger charge is -2.20. The first kappa shape index (κ1) is 31.3. The number of nitrogens with two attached hydrogens (primary N) is 1. The van der Waals surface area contributed by atoms with E-state index in [9.17, 15) is 19.1 Å². The van der Waals surface area contributed by atoms with Crippen LogP contribution in [0.15, 0.2) is 65.1 Å². The molecule has 6 rings (SSSR count). The quantitative estimate of drug-likeness (QED) is 0.163. The Morgan fingerprint density at radius 1 is 1.04 bits per heavy atom. The molecule has 3 heterocycles. The first-order chi connectivity index (χ1) is 22.1. The van der Waals surface area contributed by atoms with E-state index in [1.54, 1.807) is 19.1 Å². The van der Waals surface area contributed by atoms with Gasteiger partial charge in [-0.1, -0.05) is 50.2 Å². The third-order valence-electron chi connectivity index (χ3n) is 8.09. The Morgan fingerprint density at radius 2 is 1.80 bits per heavy atom. The molecule has 1 unspecified atom stereocenters. The third kappa shape index (κ3) is 6.33. The maximum absolute atomic E-state index is 13.6. The van der Waals surface area contributed by atoms with Crippen LogP contribution in [-0.4, -0.2) is 32.1 Å². The average Bonchev–Trinajstić information content (AvgIpc) is 3.77. The van der Waals surface area contributed by atoms with Crippen LogP contribution in [0.25, 0.3) is 21.9 Å². The number of aliphatic hydroxyl groups is 1. The van der Waals surface area contributed by atoms with E-state index in [-0.39, 0.29) is 35.7 Å². The fraction of sp³-hybridized carbons (Fsp3) is 0.286. The number of thiophene rings is 1. The van der Waals surface area contributed by atoms with Crippen LogP contribution in [0.2, 0.25) is 0 Å². The number of halogens is 1. The summed E-state index contributed by atoms with van der Waals surface area (Å²) >= 11 is 1.22. The Hall–Kier alpha value is -4.74. The SMILES string of the molecule is Cc1nnc(-c2c(C[C@@H](O)c3ccc(F)cc3)nc(CC(C)C)c(C(N)=O)c2-c2ccc(C(=O)NC3CCc4ccccc43)s2)o1. The molecule has 0 bridgehead atoms. The van der Waals surface area contributed by atoms with Gasteiger partial charge in [0.05, 0.1) is 39.5 Å². The van der Waals surface area contributed by atoms with Crippen molar-refractivity contribution < 1.29 is 23.5 Å². The summed E-state index contributed by atoms with van der Waals surface area (Å²) < 4.78 is 19.5. The summed E-state index contributed by atoms with van der Waals surface area (Å²) in [6, 6.07) is 17.1. The Labute approximate surface area is 269 Å². The van der Waals surface area contributed by atoms with Crippen molar-refractivity contribution in [3.05, 3.63) is 111 Å². The number of benzene rings is 2. The van der Waals surface area contributed by atoms with Crippen molar-refractivity contribution in [3.8, 4) is 21.9 Å². The van der Waals surface area contributed by atoms with E-state index in [0.717, 1.165) is 18.4 Å². The zero-order chi connectivity index (χ0) is 32.5. The number of nitrogens with zero attached hydrogens (tertiary/aromatic N) is 3. The van der Waals surface area contributed by atoms with Gasteiger partial charge in [-0.15, -0.1) is 21.5 Å². The van der Waals surface area contributed by atoms with Gasteiger partial charge >= 0.3 is 0 Å². The molecule has 1 aliphatic carbocycles. The molecule has 0 radical (unpaired) electrons. The molecule has 236 valence electrons. The van der Waals surface area contributed by atoms with Gasteiger partial charge in [0, 0.05) is 23.8 Å². The van der Waals surface area contributed by atoms with E-state index in [1.165, 1.54) is 41.2 Å². The molecule has 1 aliphatic rings. The van der Waals surface area contributed by atoms with Crippen LogP contribution in [-0.2, 0) is 19.3 Å². The number of aliphatic hydroxyl groups excluding tert-OH is 1. The van der Waals surface area contributed by atoms with Crippen molar-refractivity contribution in [1.29, 1.82) is 0 Å². The van der Waals surface area contributed by atoms with Gasteiger partial charge in [0.1, 0.15) is 5.82 Å². The molecule has 0 fully saturated rings. The van der Waals surface area contributed by atoms with Crippen LogP contribution in [0.4, 0.5) is 4.39 Å². The molecule has 46 heavy (non-hydrogen) atoms. The van der Waals surface area contributed by atoms with Crippen molar-refractivity contribution >= 4 is 23.2 Å². The first-order valence-electron chi connectivity index (χ1n) is 15.2. The summed E-state index contributed by atoms with van der Waals surface area (Å²) in [5.74, 6) is -0.829. The van der Waals surface area contributed by atoms with Gasteiger partial charge in [0.2, 0.25) is 11.8 Å². The number of carbonyl (C=O) groups is 2. The molecule has 4 N–H and O–H groups in total. The number of hydrogen-bond donors (Lipinski definition) is 3. The zero-order valence-corrected chi connectivity index (χ0v) is 26.5. The Bertz CT molecular complexity index is 1920. The lowest BCUT2D eigenvalue weighted by atomic mass is 9.90. The minimum Gasteiger partial charge on any atom is -0.421 e. The molecule has 2 aromatic carbocycles. The molecule has 2 amide bonds. The highest BCUT2D eigenvalue weighted by molar-refractivity contribution is 7.17. The zero-order valence-electron chi connectivity index (χ0n) is 25.7. The van der Waals surface area contributed by atoms with Crippen LogP contribution >= 0.6 is 11.3 Å². The summed E-state index contributed by atoms with van der Waals surface area (Å²) in [5, 5.41) is 22.7. The molecule has 2 atom stereocenters. The van der Waals surface area contributed by atoms with E-state index in [2.05, 4.69) is 21.6 Å². The molecular formula is C35H34FN5O4S. The number of primary amides is 1. The van der Waals surface area contributed by atoms with Gasteiger partial charge < -0.3 is 20.6 Å². The van der Waals surface area contributed by atoms with Gasteiger partial charge in [0.25, 0.3) is 11.8 Å². The predicted octanol–water partition coefficient (Wildman–Crippen LogP) is 6.30. The number of aryl methyl sites for hydroxylation is 2. The minimum absolute atomic E-state index is 0.000657. The number of pyridine rings is 1. The topological polar surface area (TPSA) is 144 Å². The molecular weight excluding hydrogens is 605 g/mol. The second-order valence-corrected chi connectivity index (χ2v) is 13.0. The minimum atomic E-state index is -1.06. The Morgan fingerprint density at radius 3 is 2.50 bits per heavy atom. The van der Waals surface area contributed by atoms with Crippen molar-refractivity contribution in [2.24, 2.45) is 11.7 Å². The summed E-state index contributed by atoms with van der Waals surface area (Å²) in [5.41, 5.74) is 10.7. The van der Waals surface area contributed by atoms with E-state index in [4.69, 9.17) is 15.1 Å². The summed E-state index contributed by atoms with van der Waals surface area (Å²) in [6.45, 7) is 5.65. The maximum Gasteiger partial charge on any atom is 0.261 e. The molecule has 0 saturated heterocycles. The highest BCUT2D eigenvalue weighted by Crippen LogP contribution is 2.42. The number of carbonyl (C=O) groups excluding carboxylic acids is 2. The highest BCUT2D eigenvalue weighted by atomic mass is 32.1. The summed E-state index contributed by atoms with van der Waals surface area (Å²) in [4.78, 5) is 32.7. The summed E-state index contributed by atoms with van der Waals surface area (Å²) in [6.07, 6.45) is 1.08. The molecule has 0 saturated carbocycles. The first-order valence-corrected chi connectivity index (χ1v) is 16.0. The molecule has 3 aromatic heterocycles. The van der Waals surface area contributed by atoms with Crippen LogP contribution in [0, 0.1) is 18.7 Å². The van der Waals surface area contributed by atoms with Crippen molar-refractivity contribution in [2.75, 3.05) is 0 Å². The van der Waals surface area contributed by atoms with Crippen LogP contribution in [0.1, 0.15) is 86.4 Å². The Balaban J connectivity index is 1.48. The summed E-state index contributed by atoms with van der Waals surface area (Å²) in [7, 11) is 0. The Kier molecular flexibility index (Phi) is 8.79. The van der Waals surface area contributed by atoms with E-state index in [1.807, 2.05) is 32.0 Å². The standard InChI is InChI=1S/C35H34FN5O4S/c1-18(2)16-25-30(33(37)43)32(28-14-15-29(46-28)34(44)39-24-13-10-20-6-4-5-7-23(20)24)31(35-41-40-19(3)45-35)26(38-25)17-27(42)21-8-11-22(36)12-9-21/h4-9,11-12,14-15,18,24,27,42H,10,13,16-17H2,1-3H3,(H2,37,43)(H,39,44)/t24?,27-/m1/s1. The van der Waals surface area contributed by atoms with Gasteiger partial charge in [-0.25, -0.2) is 4.39 Å². The lowest BCUT2D eigenvalue weighted by molar-refractivity contribution is 0.0939. The van der Waals surface area contributed by atoms with Gasteiger partial charge in [-0.05, 0) is 66.1 Å². The maximum atomic E-state index is 13.6. The highest BCUT2D eigenvalue weighted by Gasteiger charge is 2.31. The van der Waals surface area contributed by atoms with Crippen molar-refractivity contribution in [2.45, 2.75) is 58.6 Å². The fourth-order valence-corrected chi connectivity index (χ4v) is 6.99. The van der Waals surface area contributed by atoms with Gasteiger partial charge in [0.15, 0.2) is 0 Å². The van der Waals surface area contributed by atoms with Gasteiger partial charge in [-0.3, -0.25) is 14.6 Å². The van der Waals surface area contributed by atoms with Crippen LogP contribution < -0.4 is 11.1 Å². The number of amides is 2. The van der Waals surface area contributed by atoms with E-state index >= 15 is 0 Å². The smallest absolute Gasteiger partial charge is 0.261 e. The largest absolute Gasteiger partial charge is 0.421 e. The molecule has 11 heteroatoms. The van der Waals surface area contributed by atoms with Crippen molar-refractivity contribution in [1.82, 2.24) is 20.5 Å². The normalized spacial score (nSPS) is 14.8. The second-order valence-electron chi connectivity index (χ2n) is 11.9. The monoisotopic (exact) mass is 639 g/mol. The van der Waals surface area contributed by atoms with Crippen LogP contribution in [0.5, 0.6) is 0 Å². The second kappa shape index (κ2) is 12.9. The molecule has 5 aromatic rings. The van der Waals surface area contributed by atoms with E-state index in [0.29, 0.717) is 50.1 Å². The van der Waals surface area contributed by atoms with Crippen molar-refractivity contribution in [3.63, 3.8) is 0 Å². The predicted molar refractivity (Wildman–Crippen MR) is 173 cm³/mol. The fourth-order valence-electron chi connectivity index (χ4n) is 6.03. The van der Waals surface area contributed by atoms with Crippen LogP contribution in [0.3, 0.4) is 0 Å². The van der Waals surface area contributed by atoms with Gasteiger partial charge in [-0.2, -0.15) is 0 Å². The number of rotatable bonds is 10.